The van der Waals surface area contributed by atoms with Crippen molar-refractivity contribution in [1.82, 2.24) is 0 Å². The predicted octanol–water partition coefficient (Wildman–Crippen LogP) is 9.91. The minimum absolute atomic E-state index is 0.0107. The first-order valence-corrected chi connectivity index (χ1v) is 19.3. The summed E-state index contributed by atoms with van der Waals surface area (Å²) in [6.07, 6.45) is 0. The number of ketones is 2. The molecule has 0 saturated carbocycles. The number of azo groups is 2. The molecule has 0 aliphatic rings. The Morgan fingerprint density at radius 2 is 0.875 bits per heavy atom. The molecule has 326 valence electrons. The Bertz CT molecular complexity index is 2600. The van der Waals surface area contributed by atoms with Gasteiger partial charge in [-0.05, 0) is 86.6 Å². The summed E-state index contributed by atoms with van der Waals surface area (Å²) in [5.41, 5.74) is -1.07. The third-order valence-electron chi connectivity index (χ3n) is 8.28. The molecule has 20 nitrogen and oxygen atoms in total. The van der Waals surface area contributed by atoms with Crippen molar-refractivity contribution >= 4 is 116 Å². The Kier molecular flexibility index (Phi) is 15.6. The molecule has 24 heteroatoms. The second kappa shape index (κ2) is 21.0. The van der Waals surface area contributed by atoms with Gasteiger partial charge in [-0.1, -0.05) is 46.4 Å². The lowest BCUT2D eigenvalue weighted by atomic mass is 10.2. The molecule has 0 bridgehead atoms. The van der Waals surface area contributed by atoms with Gasteiger partial charge in [-0.25, -0.2) is 9.59 Å². The fourth-order valence-corrected chi connectivity index (χ4v) is 5.79. The van der Waals surface area contributed by atoms with Gasteiger partial charge in [0.05, 0.1) is 52.4 Å². The van der Waals surface area contributed by atoms with Gasteiger partial charge in [0, 0.05) is 24.3 Å². The normalized spacial score (nSPS) is 12.0. The lowest BCUT2D eigenvalue weighted by molar-refractivity contribution is -0.385. The molecule has 64 heavy (non-hydrogen) atoms. The number of amides is 2. The number of hydrogen-bond donors (Lipinski definition) is 2. The summed E-state index contributed by atoms with van der Waals surface area (Å²) in [5, 5.41) is 41.6. The van der Waals surface area contributed by atoms with Crippen LogP contribution in [0.3, 0.4) is 0 Å². The SMILES string of the molecule is CC(=O)C(/N=N/c1cc(C(=O)Oc2ccc([N+](=O)[O-])cc2)ccc1Cl)C(=O)Nc1cc(Cl)c(NC(=O)C(/N=N/c2cc(C(=O)Oc3ccc([N+](=O)[O-])cc3)ccc2Cl)C(C)=O)cc1Cl. The molecule has 0 aliphatic heterocycles. The van der Waals surface area contributed by atoms with Crippen molar-refractivity contribution in [3.63, 3.8) is 0 Å². The topological polar surface area (TPSA) is 281 Å². The highest BCUT2D eigenvalue weighted by Crippen LogP contribution is 2.34. The number of rotatable bonds is 16. The highest BCUT2D eigenvalue weighted by molar-refractivity contribution is 6.38. The molecule has 0 heterocycles. The molecule has 2 unspecified atom stereocenters. The Morgan fingerprint density at radius 1 is 0.531 bits per heavy atom. The van der Waals surface area contributed by atoms with Crippen LogP contribution in [0, 0.1) is 20.2 Å². The molecule has 0 fully saturated rings. The van der Waals surface area contributed by atoms with Gasteiger partial charge in [0.15, 0.2) is 11.6 Å². The highest BCUT2D eigenvalue weighted by atomic mass is 35.5. The van der Waals surface area contributed by atoms with Gasteiger partial charge in [0.1, 0.15) is 22.9 Å². The average Bonchev–Trinajstić information content (AvgIpc) is 3.24. The molecule has 0 aliphatic carbocycles. The maximum atomic E-state index is 13.3. The van der Waals surface area contributed by atoms with E-state index in [2.05, 4.69) is 31.1 Å². The van der Waals surface area contributed by atoms with Crippen molar-refractivity contribution in [3.8, 4) is 11.5 Å². The summed E-state index contributed by atoms with van der Waals surface area (Å²) in [6, 6.07) is 15.8. The van der Waals surface area contributed by atoms with Crippen molar-refractivity contribution in [2.75, 3.05) is 10.6 Å². The number of non-ortho nitro benzene ring substituents is 2. The number of nitro groups is 2. The van der Waals surface area contributed by atoms with Crippen molar-refractivity contribution in [3.05, 3.63) is 149 Å². The van der Waals surface area contributed by atoms with Crippen LogP contribution in [0.2, 0.25) is 20.1 Å². The Labute approximate surface area is 379 Å². The summed E-state index contributed by atoms with van der Waals surface area (Å²) in [5.74, 6) is -5.31. The highest BCUT2D eigenvalue weighted by Gasteiger charge is 2.27. The summed E-state index contributed by atoms with van der Waals surface area (Å²) in [4.78, 5) is 97.6. The first-order valence-electron chi connectivity index (χ1n) is 17.8. The van der Waals surface area contributed by atoms with E-state index < -0.39 is 57.2 Å². The van der Waals surface area contributed by atoms with Gasteiger partial charge in [0.25, 0.3) is 23.2 Å². The van der Waals surface area contributed by atoms with Crippen LogP contribution in [-0.4, -0.2) is 57.2 Å². The quantitative estimate of drug-likeness (QED) is 0.0233. The summed E-state index contributed by atoms with van der Waals surface area (Å²) in [7, 11) is 0. The number of Topliss-reactive ketones (excluding diaryl/α,β-unsaturated/α-hetero) is 2. The van der Waals surface area contributed by atoms with Crippen LogP contribution < -0.4 is 20.1 Å². The number of hydrogen-bond acceptors (Lipinski definition) is 16. The Hall–Kier alpha value is -7.52. The second-order valence-electron chi connectivity index (χ2n) is 12.9. The molecule has 0 saturated heterocycles. The van der Waals surface area contributed by atoms with E-state index in [1.165, 1.54) is 60.7 Å². The number of nitrogens with one attached hydrogen (secondary N) is 2. The third kappa shape index (κ3) is 12.3. The van der Waals surface area contributed by atoms with Crippen molar-refractivity contribution in [1.29, 1.82) is 0 Å². The number of nitro benzene ring substituents is 2. The maximum Gasteiger partial charge on any atom is 0.343 e. The number of carbonyl (C=O) groups excluding carboxylic acids is 6. The van der Waals surface area contributed by atoms with Crippen LogP contribution in [0.1, 0.15) is 34.6 Å². The van der Waals surface area contributed by atoms with E-state index in [4.69, 9.17) is 55.9 Å². The zero-order chi connectivity index (χ0) is 46.8. The number of ether oxygens (including phenoxy) is 2. The van der Waals surface area contributed by atoms with Crippen LogP contribution in [-0.2, 0) is 19.2 Å². The molecule has 2 atom stereocenters. The summed E-state index contributed by atoms with van der Waals surface area (Å²) < 4.78 is 10.5. The molecule has 0 radical (unpaired) electrons. The molecule has 5 aromatic rings. The first-order chi connectivity index (χ1) is 30.3. The number of anilines is 2. The first kappa shape index (κ1) is 47.5. The Balaban J connectivity index is 1.25. The second-order valence-corrected chi connectivity index (χ2v) is 14.5. The van der Waals surface area contributed by atoms with Crippen LogP contribution >= 0.6 is 46.4 Å². The van der Waals surface area contributed by atoms with Crippen molar-refractivity contribution < 1.29 is 48.1 Å². The van der Waals surface area contributed by atoms with Crippen molar-refractivity contribution in [2.24, 2.45) is 20.5 Å². The van der Waals surface area contributed by atoms with Crippen LogP contribution in [0.5, 0.6) is 11.5 Å². The largest absolute Gasteiger partial charge is 0.423 e. The van der Waals surface area contributed by atoms with Gasteiger partial charge < -0.3 is 20.1 Å². The van der Waals surface area contributed by atoms with E-state index >= 15 is 0 Å². The maximum absolute atomic E-state index is 13.3. The van der Waals surface area contributed by atoms with Gasteiger partial charge in [0.2, 0.25) is 12.1 Å². The molecule has 2 amide bonds. The lowest BCUT2D eigenvalue weighted by Crippen LogP contribution is -2.32. The monoisotopic (exact) mass is 950 g/mol. The number of nitrogens with zero attached hydrogens (tertiary/aromatic N) is 6. The summed E-state index contributed by atoms with van der Waals surface area (Å²) in [6.45, 7) is 2.12. The fourth-order valence-electron chi connectivity index (χ4n) is 5.05. The minimum atomic E-state index is -1.77. The average molecular weight is 953 g/mol. The Morgan fingerprint density at radius 3 is 1.19 bits per heavy atom. The molecule has 0 aromatic heterocycles. The molecule has 0 spiro atoms. The van der Waals surface area contributed by atoms with E-state index in [1.807, 2.05) is 0 Å². The number of esters is 2. The number of halogens is 4. The number of benzene rings is 5. The van der Waals surface area contributed by atoms with E-state index in [0.717, 1.165) is 50.2 Å². The van der Waals surface area contributed by atoms with E-state index in [-0.39, 0.29) is 76.8 Å². The molecule has 2 N–H and O–H groups in total. The lowest BCUT2D eigenvalue weighted by Gasteiger charge is -2.15. The third-order valence-corrected chi connectivity index (χ3v) is 9.55. The van der Waals surface area contributed by atoms with E-state index in [0.29, 0.717) is 0 Å². The standard InChI is InChI=1S/C40H26Cl4N8O12/c1-19(53)35(49-47-33-15-21(3-13-27(33)41)39(57)63-25-9-5-23(6-10-25)51(59)60)37(55)45-31-17-30(44)32(18-29(31)43)46-38(56)36(20(2)54)50-48-34-16-22(4-14-28(34)42)40(58)64-26-11-7-24(8-12-26)52(61)62/h3-18,35-36H,1-2H3,(H,45,55)(H,46,56)/b49-47+,50-48+. The van der Waals surface area contributed by atoms with Gasteiger partial charge in [-0.2, -0.15) is 20.5 Å². The van der Waals surface area contributed by atoms with Gasteiger partial charge in [-0.15, -0.1) is 0 Å². The predicted molar refractivity (Wildman–Crippen MR) is 231 cm³/mol. The van der Waals surface area contributed by atoms with E-state index in [9.17, 15) is 49.0 Å². The minimum Gasteiger partial charge on any atom is -0.423 e. The van der Waals surface area contributed by atoms with Crippen LogP contribution in [0.15, 0.2) is 118 Å². The molecule has 5 aromatic carbocycles. The molecular weight excluding hydrogens is 926 g/mol. The number of carbonyl (C=O) groups is 6. The summed E-state index contributed by atoms with van der Waals surface area (Å²) >= 11 is 25.3. The smallest absolute Gasteiger partial charge is 0.343 e. The zero-order valence-electron chi connectivity index (χ0n) is 32.5. The fraction of sp³-hybridized carbons (Fsp3) is 0.100. The van der Waals surface area contributed by atoms with Crippen molar-refractivity contribution in [2.45, 2.75) is 25.9 Å². The van der Waals surface area contributed by atoms with Gasteiger partial charge in [-0.3, -0.25) is 39.4 Å². The van der Waals surface area contributed by atoms with Crippen LogP contribution in [0.4, 0.5) is 34.1 Å². The molecular formula is C40H26Cl4N8O12. The zero-order valence-corrected chi connectivity index (χ0v) is 35.5. The van der Waals surface area contributed by atoms with Crippen LogP contribution in [0.25, 0.3) is 0 Å². The van der Waals surface area contributed by atoms with E-state index in [1.54, 1.807) is 0 Å². The molecule has 5 rings (SSSR count). The van der Waals surface area contributed by atoms with Gasteiger partial charge >= 0.3 is 11.9 Å².